The molecule has 0 aliphatic heterocycles. The Balaban J connectivity index is 2.26. The van der Waals surface area contributed by atoms with Gasteiger partial charge in [0, 0.05) is 31.0 Å². The van der Waals surface area contributed by atoms with Crippen LogP contribution in [0.25, 0.3) is 0 Å². The van der Waals surface area contributed by atoms with E-state index in [0.717, 1.165) is 24.6 Å². The summed E-state index contributed by atoms with van der Waals surface area (Å²) in [6.45, 7) is 6.05. The number of rotatable bonds is 5. The molecule has 0 radical (unpaired) electrons. The molecule has 1 atom stereocenters. The van der Waals surface area contributed by atoms with Gasteiger partial charge in [0.1, 0.15) is 5.82 Å². The summed E-state index contributed by atoms with van der Waals surface area (Å²) in [6.07, 6.45) is 1.88. The third-order valence-corrected chi connectivity index (χ3v) is 2.04. The maximum Gasteiger partial charge on any atom is 0.103 e. The second-order valence-corrected chi connectivity index (χ2v) is 4.04. The minimum atomic E-state index is 0.494. The number of hydrogen-bond acceptors (Lipinski definition) is 3. The highest BCUT2D eigenvalue weighted by Crippen LogP contribution is 1.96. The van der Waals surface area contributed by atoms with Crippen LogP contribution in [0, 0.1) is 6.92 Å². The normalized spacial score (nSPS) is 13.5. The molecule has 1 heterocycles. The molecule has 0 spiro atoms. The van der Waals surface area contributed by atoms with Crippen molar-refractivity contribution in [3.63, 3.8) is 0 Å². The van der Waals surface area contributed by atoms with Crippen LogP contribution in [0.5, 0.6) is 0 Å². The van der Waals surface area contributed by atoms with E-state index in [1.807, 2.05) is 13.1 Å². The highest BCUT2D eigenvalue weighted by atomic mass is 15.1. The number of nitrogens with one attached hydrogen (secondary N) is 2. The zero-order valence-corrected chi connectivity index (χ0v) is 9.46. The third kappa shape index (κ3) is 3.89. The van der Waals surface area contributed by atoms with E-state index in [1.54, 1.807) is 0 Å². The van der Waals surface area contributed by atoms with Gasteiger partial charge in [0.2, 0.25) is 0 Å². The summed E-state index contributed by atoms with van der Waals surface area (Å²) in [5, 5.41) is 3.43. The van der Waals surface area contributed by atoms with Gasteiger partial charge in [-0.15, -0.1) is 0 Å². The number of H-pyrrole nitrogens is 1. The molecule has 14 heavy (non-hydrogen) atoms. The third-order valence-electron chi connectivity index (χ3n) is 2.04. The molecule has 2 N–H and O–H groups in total. The lowest BCUT2D eigenvalue weighted by Gasteiger charge is -2.17. The zero-order valence-electron chi connectivity index (χ0n) is 9.46. The molecule has 1 unspecified atom stereocenters. The fraction of sp³-hybridized carbons (Fsp3) is 0.700. The van der Waals surface area contributed by atoms with Crippen molar-refractivity contribution in [3.8, 4) is 0 Å². The second-order valence-electron chi connectivity index (χ2n) is 4.04. The van der Waals surface area contributed by atoms with Gasteiger partial charge >= 0.3 is 0 Å². The number of imidazole rings is 1. The van der Waals surface area contributed by atoms with E-state index in [0.29, 0.717) is 6.04 Å². The summed E-state index contributed by atoms with van der Waals surface area (Å²) in [4.78, 5) is 9.52. The van der Waals surface area contributed by atoms with Gasteiger partial charge in [-0.25, -0.2) is 4.98 Å². The van der Waals surface area contributed by atoms with Crippen LogP contribution in [0.15, 0.2) is 6.20 Å². The van der Waals surface area contributed by atoms with Gasteiger partial charge in [-0.05, 0) is 27.9 Å². The molecule has 0 bridgehead atoms. The fourth-order valence-corrected chi connectivity index (χ4v) is 1.46. The minimum Gasteiger partial charge on any atom is -0.345 e. The van der Waals surface area contributed by atoms with Gasteiger partial charge in [0.15, 0.2) is 0 Å². The molecule has 4 heteroatoms. The van der Waals surface area contributed by atoms with Crippen molar-refractivity contribution in [1.82, 2.24) is 20.2 Å². The zero-order chi connectivity index (χ0) is 10.6. The Morgan fingerprint density at radius 2 is 2.29 bits per heavy atom. The molecule has 4 nitrogen and oxygen atoms in total. The van der Waals surface area contributed by atoms with Crippen LogP contribution in [0.2, 0.25) is 0 Å². The highest BCUT2D eigenvalue weighted by Gasteiger charge is 2.03. The van der Waals surface area contributed by atoms with Crippen molar-refractivity contribution in [2.75, 3.05) is 20.6 Å². The molecular formula is C10H20N4. The molecule has 0 aliphatic rings. The number of aryl methyl sites for hydroxylation is 1. The van der Waals surface area contributed by atoms with Crippen LogP contribution in [0.3, 0.4) is 0 Å². The lowest BCUT2D eigenvalue weighted by atomic mass is 10.3. The number of likely N-dealkylation sites (N-methyl/N-ethyl adjacent to an activating group) is 1. The topological polar surface area (TPSA) is 44.0 Å². The molecule has 80 valence electrons. The van der Waals surface area contributed by atoms with E-state index in [9.17, 15) is 0 Å². The molecule has 0 aliphatic carbocycles. The van der Waals surface area contributed by atoms with E-state index in [1.165, 1.54) is 0 Å². The lowest BCUT2D eigenvalue weighted by Crippen LogP contribution is -2.35. The lowest BCUT2D eigenvalue weighted by molar-refractivity contribution is 0.348. The molecule has 1 aromatic rings. The predicted molar refractivity (Wildman–Crippen MR) is 58.2 cm³/mol. The van der Waals surface area contributed by atoms with E-state index in [2.05, 4.69) is 41.2 Å². The van der Waals surface area contributed by atoms with Gasteiger partial charge < -0.3 is 15.2 Å². The van der Waals surface area contributed by atoms with E-state index >= 15 is 0 Å². The summed E-state index contributed by atoms with van der Waals surface area (Å²) < 4.78 is 0. The average Bonchev–Trinajstić information content (AvgIpc) is 2.47. The Kier molecular flexibility index (Phi) is 4.10. The number of aromatic amines is 1. The van der Waals surface area contributed by atoms with Crippen molar-refractivity contribution in [2.45, 2.75) is 26.4 Å². The maximum absolute atomic E-state index is 4.15. The summed E-state index contributed by atoms with van der Waals surface area (Å²) >= 11 is 0. The van der Waals surface area contributed by atoms with Crippen LogP contribution >= 0.6 is 0 Å². The average molecular weight is 196 g/mol. The number of nitrogens with zero attached hydrogens (tertiary/aromatic N) is 2. The van der Waals surface area contributed by atoms with Crippen LogP contribution in [-0.4, -0.2) is 41.5 Å². The molecule has 0 saturated carbocycles. The van der Waals surface area contributed by atoms with Gasteiger partial charge in [-0.3, -0.25) is 0 Å². The monoisotopic (exact) mass is 196 g/mol. The Morgan fingerprint density at radius 1 is 1.57 bits per heavy atom. The largest absolute Gasteiger partial charge is 0.345 e. The van der Waals surface area contributed by atoms with E-state index < -0.39 is 0 Å². The summed E-state index contributed by atoms with van der Waals surface area (Å²) in [5.41, 5.74) is 1.15. The van der Waals surface area contributed by atoms with Gasteiger partial charge in [-0.1, -0.05) is 0 Å². The van der Waals surface area contributed by atoms with Gasteiger partial charge in [-0.2, -0.15) is 0 Å². The first kappa shape index (κ1) is 11.2. The quantitative estimate of drug-likeness (QED) is 0.730. The van der Waals surface area contributed by atoms with Gasteiger partial charge in [0.05, 0.1) is 0 Å². The van der Waals surface area contributed by atoms with Crippen molar-refractivity contribution >= 4 is 0 Å². The molecule has 1 rings (SSSR count). The molecule has 0 aromatic carbocycles. The summed E-state index contributed by atoms with van der Waals surface area (Å²) in [5.74, 6) is 0.974. The fourth-order valence-electron chi connectivity index (χ4n) is 1.46. The smallest absolute Gasteiger partial charge is 0.103 e. The Hall–Kier alpha value is -0.870. The molecule has 0 fully saturated rings. The SMILES string of the molecule is Cc1ncc(CNC(C)CN(C)C)[nH]1. The summed E-state index contributed by atoms with van der Waals surface area (Å²) in [6, 6.07) is 0.494. The standard InChI is InChI=1S/C10H20N4/c1-8(7-14(3)4)11-5-10-6-12-9(2)13-10/h6,8,11H,5,7H2,1-4H3,(H,12,13). The number of hydrogen-bond donors (Lipinski definition) is 2. The first-order chi connectivity index (χ1) is 6.58. The van der Waals surface area contributed by atoms with Crippen molar-refractivity contribution in [3.05, 3.63) is 17.7 Å². The number of aromatic nitrogens is 2. The van der Waals surface area contributed by atoms with Crippen molar-refractivity contribution < 1.29 is 0 Å². The highest BCUT2D eigenvalue weighted by molar-refractivity contribution is 4.99. The Bertz CT molecular complexity index is 267. The molecular weight excluding hydrogens is 176 g/mol. The second kappa shape index (κ2) is 5.12. The van der Waals surface area contributed by atoms with Crippen LogP contribution in [0.4, 0.5) is 0 Å². The molecule has 1 aromatic heterocycles. The molecule has 0 amide bonds. The summed E-state index contributed by atoms with van der Waals surface area (Å²) in [7, 11) is 4.16. The Labute approximate surface area is 85.7 Å². The van der Waals surface area contributed by atoms with E-state index in [-0.39, 0.29) is 0 Å². The van der Waals surface area contributed by atoms with Gasteiger partial charge in [0.25, 0.3) is 0 Å². The van der Waals surface area contributed by atoms with E-state index in [4.69, 9.17) is 0 Å². The van der Waals surface area contributed by atoms with Crippen molar-refractivity contribution in [2.24, 2.45) is 0 Å². The predicted octanol–water partition coefficient (Wildman–Crippen LogP) is 0.758. The first-order valence-electron chi connectivity index (χ1n) is 4.96. The molecule has 0 saturated heterocycles. The maximum atomic E-state index is 4.15. The van der Waals surface area contributed by atoms with Crippen molar-refractivity contribution in [1.29, 1.82) is 0 Å². The first-order valence-corrected chi connectivity index (χ1v) is 4.96. The van der Waals surface area contributed by atoms with Crippen LogP contribution in [-0.2, 0) is 6.54 Å². The van der Waals surface area contributed by atoms with Crippen LogP contribution < -0.4 is 5.32 Å². The minimum absolute atomic E-state index is 0.494. The van der Waals surface area contributed by atoms with Crippen LogP contribution in [0.1, 0.15) is 18.4 Å². The Morgan fingerprint density at radius 3 is 2.79 bits per heavy atom.